The molecule has 0 saturated carbocycles. The number of nitriles is 1. The Morgan fingerprint density at radius 3 is 2.67 bits per heavy atom. The van der Waals surface area contributed by atoms with Gasteiger partial charge >= 0.3 is 0 Å². The van der Waals surface area contributed by atoms with Crippen LogP contribution in [0.2, 0.25) is 0 Å². The minimum Gasteiger partial charge on any atom is -0.444 e. The Hall–Kier alpha value is -2.06. The van der Waals surface area contributed by atoms with Gasteiger partial charge in [-0.2, -0.15) is 5.26 Å². The van der Waals surface area contributed by atoms with Gasteiger partial charge in [0, 0.05) is 7.05 Å². The lowest BCUT2D eigenvalue weighted by Gasteiger charge is -2.16. The van der Waals surface area contributed by atoms with Crippen LogP contribution in [-0.2, 0) is 0 Å². The molecule has 0 N–H and O–H groups in total. The number of amides is 1. The molecule has 0 aliphatic carbocycles. The van der Waals surface area contributed by atoms with Crippen LogP contribution in [0.25, 0.3) is 0 Å². The third kappa shape index (κ3) is 2.29. The zero-order chi connectivity index (χ0) is 13.1. The summed E-state index contributed by atoms with van der Waals surface area (Å²) in [6.07, 6.45) is 0. The fourth-order valence-corrected chi connectivity index (χ4v) is 1.87. The average Bonchev–Trinajstić information content (AvgIpc) is 2.83. The molecule has 0 atom stereocenters. The van der Waals surface area contributed by atoms with Gasteiger partial charge in [0.25, 0.3) is 5.91 Å². The maximum absolute atomic E-state index is 12.1. The number of anilines is 1. The number of furan rings is 1. The lowest BCUT2D eigenvalue weighted by molar-refractivity contribution is 0.0965. The monoisotopic (exact) mass is 304 g/mol. The smallest absolute Gasteiger partial charge is 0.293 e. The van der Waals surface area contributed by atoms with Gasteiger partial charge in [-0.25, -0.2) is 0 Å². The van der Waals surface area contributed by atoms with E-state index in [4.69, 9.17) is 9.68 Å². The van der Waals surface area contributed by atoms with Crippen molar-refractivity contribution in [2.75, 3.05) is 11.9 Å². The zero-order valence-electron chi connectivity index (χ0n) is 9.55. The van der Waals surface area contributed by atoms with Crippen molar-refractivity contribution >= 4 is 27.5 Å². The van der Waals surface area contributed by atoms with Crippen molar-refractivity contribution in [3.05, 3.63) is 52.4 Å². The number of halogens is 1. The van der Waals surface area contributed by atoms with Crippen molar-refractivity contribution in [3.8, 4) is 6.07 Å². The van der Waals surface area contributed by atoms with Gasteiger partial charge in [-0.3, -0.25) is 4.79 Å². The van der Waals surface area contributed by atoms with Crippen LogP contribution in [0.3, 0.4) is 0 Å². The molecule has 2 aromatic rings. The molecule has 0 fully saturated rings. The fraction of sp³-hybridized carbons (Fsp3) is 0.0769. The van der Waals surface area contributed by atoms with E-state index in [1.807, 2.05) is 0 Å². The van der Waals surface area contributed by atoms with E-state index in [1.54, 1.807) is 43.4 Å². The first-order chi connectivity index (χ1) is 8.63. The second kappa shape index (κ2) is 5.07. The Morgan fingerprint density at radius 1 is 1.33 bits per heavy atom. The second-order valence-electron chi connectivity index (χ2n) is 3.60. The van der Waals surface area contributed by atoms with Crippen LogP contribution >= 0.6 is 15.9 Å². The van der Waals surface area contributed by atoms with Crippen molar-refractivity contribution in [1.29, 1.82) is 5.26 Å². The van der Waals surface area contributed by atoms with Crippen molar-refractivity contribution in [2.24, 2.45) is 0 Å². The largest absolute Gasteiger partial charge is 0.444 e. The topological polar surface area (TPSA) is 57.2 Å². The second-order valence-corrected chi connectivity index (χ2v) is 4.38. The van der Waals surface area contributed by atoms with Crippen LogP contribution in [0, 0.1) is 11.3 Å². The molecular formula is C13H9BrN2O2. The first-order valence-electron chi connectivity index (χ1n) is 5.16. The van der Waals surface area contributed by atoms with Gasteiger partial charge in [0.05, 0.1) is 11.3 Å². The lowest BCUT2D eigenvalue weighted by atomic mass is 10.2. The van der Waals surface area contributed by atoms with E-state index in [0.717, 1.165) is 0 Å². The molecule has 0 aliphatic rings. The summed E-state index contributed by atoms with van der Waals surface area (Å²) < 4.78 is 5.70. The Bertz CT molecular complexity index is 628. The van der Waals surface area contributed by atoms with Crippen molar-refractivity contribution in [3.63, 3.8) is 0 Å². The molecular weight excluding hydrogens is 296 g/mol. The summed E-state index contributed by atoms with van der Waals surface area (Å²) in [6.45, 7) is 0. The predicted molar refractivity (Wildman–Crippen MR) is 70.3 cm³/mol. The SMILES string of the molecule is CN(C(=O)c1ccc(Br)o1)c1ccccc1C#N. The molecule has 0 bridgehead atoms. The summed E-state index contributed by atoms with van der Waals surface area (Å²) in [5.74, 6) is -0.0829. The summed E-state index contributed by atoms with van der Waals surface area (Å²) in [5, 5.41) is 9.00. The molecule has 18 heavy (non-hydrogen) atoms. The van der Waals surface area contributed by atoms with Gasteiger partial charge < -0.3 is 9.32 Å². The predicted octanol–water partition coefficient (Wildman–Crippen LogP) is 3.19. The molecule has 1 aromatic heterocycles. The summed E-state index contributed by atoms with van der Waals surface area (Å²) in [5.41, 5.74) is 0.997. The Balaban J connectivity index is 2.34. The van der Waals surface area contributed by atoms with Gasteiger partial charge in [0.2, 0.25) is 0 Å². The van der Waals surface area contributed by atoms with Crippen LogP contribution in [0.5, 0.6) is 0 Å². The van der Waals surface area contributed by atoms with Gasteiger partial charge in [-0.05, 0) is 40.2 Å². The molecule has 2 rings (SSSR count). The lowest BCUT2D eigenvalue weighted by Crippen LogP contribution is -2.26. The molecule has 0 unspecified atom stereocenters. The number of rotatable bonds is 2. The normalized spacial score (nSPS) is 9.83. The molecule has 0 radical (unpaired) electrons. The molecule has 1 aromatic carbocycles. The number of carbonyl (C=O) groups excluding carboxylic acids is 1. The van der Waals surface area contributed by atoms with Crippen molar-refractivity contribution in [2.45, 2.75) is 0 Å². The van der Waals surface area contributed by atoms with E-state index in [9.17, 15) is 4.79 Å². The molecule has 0 saturated heterocycles. The third-order valence-electron chi connectivity index (χ3n) is 2.47. The summed E-state index contributed by atoms with van der Waals surface area (Å²) in [6, 6.07) is 12.2. The van der Waals surface area contributed by atoms with Gasteiger partial charge in [0.15, 0.2) is 10.4 Å². The van der Waals surface area contributed by atoms with Crippen LogP contribution in [0.1, 0.15) is 16.1 Å². The molecule has 4 nitrogen and oxygen atoms in total. The molecule has 5 heteroatoms. The average molecular weight is 305 g/mol. The van der Waals surface area contributed by atoms with Crippen LogP contribution in [0.4, 0.5) is 5.69 Å². The number of hydrogen-bond acceptors (Lipinski definition) is 3. The molecule has 0 aliphatic heterocycles. The maximum atomic E-state index is 12.1. The minimum atomic E-state index is -0.302. The van der Waals surface area contributed by atoms with Crippen molar-refractivity contribution in [1.82, 2.24) is 0 Å². The third-order valence-corrected chi connectivity index (χ3v) is 2.90. The summed E-state index contributed by atoms with van der Waals surface area (Å²) in [7, 11) is 1.61. The molecule has 1 heterocycles. The number of para-hydroxylation sites is 1. The highest BCUT2D eigenvalue weighted by molar-refractivity contribution is 9.10. The highest BCUT2D eigenvalue weighted by Gasteiger charge is 2.19. The van der Waals surface area contributed by atoms with Gasteiger partial charge in [0.1, 0.15) is 6.07 Å². The minimum absolute atomic E-state index is 0.220. The number of hydrogen-bond donors (Lipinski definition) is 0. The van der Waals surface area contributed by atoms with E-state index in [-0.39, 0.29) is 11.7 Å². The first kappa shape index (κ1) is 12.4. The number of nitrogens with zero attached hydrogens (tertiary/aromatic N) is 2. The Labute approximate surface area is 113 Å². The van der Waals surface area contributed by atoms with Crippen LogP contribution in [0.15, 0.2) is 45.5 Å². The van der Waals surface area contributed by atoms with E-state index in [2.05, 4.69) is 22.0 Å². The quantitative estimate of drug-likeness (QED) is 0.856. The number of benzene rings is 1. The highest BCUT2D eigenvalue weighted by atomic mass is 79.9. The van der Waals surface area contributed by atoms with Crippen LogP contribution < -0.4 is 4.90 Å². The van der Waals surface area contributed by atoms with E-state index in [1.165, 1.54) is 4.90 Å². The standard InChI is InChI=1S/C13H9BrN2O2/c1-16(10-5-3-2-4-9(10)8-15)13(17)11-6-7-12(14)18-11/h2-7H,1H3. The fourth-order valence-electron chi connectivity index (χ4n) is 1.56. The molecule has 1 amide bonds. The van der Waals surface area contributed by atoms with E-state index < -0.39 is 0 Å². The van der Waals surface area contributed by atoms with E-state index >= 15 is 0 Å². The molecule has 90 valence electrons. The number of carbonyl (C=O) groups is 1. The highest BCUT2D eigenvalue weighted by Crippen LogP contribution is 2.22. The van der Waals surface area contributed by atoms with Gasteiger partial charge in [-0.1, -0.05) is 12.1 Å². The van der Waals surface area contributed by atoms with Crippen molar-refractivity contribution < 1.29 is 9.21 Å². The first-order valence-corrected chi connectivity index (χ1v) is 5.95. The van der Waals surface area contributed by atoms with E-state index in [0.29, 0.717) is 15.9 Å². The van der Waals surface area contributed by atoms with Gasteiger partial charge in [-0.15, -0.1) is 0 Å². The summed E-state index contributed by atoms with van der Waals surface area (Å²) >= 11 is 3.14. The Morgan fingerprint density at radius 2 is 2.06 bits per heavy atom. The Kier molecular flexibility index (Phi) is 3.49. The summed E-state index contributed by atoms with van der Waals surface area (Å²) in [4.78, 5) is 13.5. The zero-order valence-corrected chi connectivity index (χ0v) is 11.1. The maximum Gasteiger partial charge on any atom is 0.293 e. The van der Waals surface area contributed by atoms with Crippen LogP contribution in [-0.4, -0.2) is 13.0 Å². The molecule has 0 spiro atoms.